The first-order valence-corrected chi connectivity index (χ1v) is 6.87. The molecule has 3 heteroatoms. The lowest BCUT2D eigenvalue weighted by Crippen LogP contribution is -2.50. The van der Waals surface area contributed by atoms with E-state index >= 15 is 0 Å². The third kappa shape index (κ3) is 3.19. The van der Waals surface area contributed by atoms with Crippen LogP contribution in [0.3, 0.4) is 0 Å². The summed E-state index contributed by atoms with van der Waals surface area (Å²) in [5.41, 5.74) is 0.330. The second kappa shape index (κ2) is 5.48. The Balaban J connectivity index is 1.80. The van der Waals surface area contributed by atoms with Crippen LogP contribution < -0.4 is 5.32 Å². The molecule has 0 aromatic heterocycles. The van der Waals surface area contributed by atoms with E-state index in [1.54, 1.807) is 0 Å². The van der Waals surface area contributed by atoms with Crippen LogP contribution in [0.4, 0.5) is 0 Å². The van der Waals surface area contributed by atoms with Gasteiger partial charge in [0.05, 0.1) is 0 Å². The van der Waals surface area contributed by atoms with Crippen LogP contribution in [-0.4, -0.2) is 61.2 Å². The van der Waals surface area contributed by atoms with Crippen molar-refractivity contribution in [3.8, 4) is 0 Å². The van der Waals surface area contributed by atoms with Crippen molar-refractivity contribution in [2.45, 2.75) is 38.6 Å². The Hall–Kier alpha value is -0.120. The molecule has 0 amide bonds. The molecule has 0 radical (unpaired) electrons. The zero-order valence-corrected chi connectivity index (χ0v) is 11.0. The highest BCUT2D eigenvalue weighted by atomic mass is 15.3. The van der Waals surface area contributed by atoms with Gasteiger partial charge in [-0.3, -0.25) is 4.90 Å². The van der Waals surface area contributed by atoms with Crippen LogP contribution in [0.25, 0.3) is 0 Å². The largest absolute Gasteiger partial charge is 0.315 e. The Bertz CT molecular complexity index is 209. The van der Waals surface area contributed by atoms with Crippen LogP contribution in [-0.2, 0) is 0 Å². The minimum atomic E-state index is 0.330. The molecule has 1 N–H and O–H groups in total. The molecule has 0 aromatic rings. The molecule has 3 nitrogen and oxygen atoms in total. The molecule has 2 aliphatic rings. The molecule has 16 heavy (non-hydrogen) atoms. The number of hydrogen-bond acceptors (Lipinski definition) is 3. The summed E-state index contributed by atoms with van der Waals surface area (Å²) in [6, 6.07) is 0. The molecule has 2 fully saturated rings. The summed E-state index contributed by atoms with van der Waals surface area (Å²) in [6.45, 7) is 13.5. The standard InChI is InChI=1S/C13H27N3/c1-13(2)12-14-6-5-9-16(13)11-10-15-7-3-4-8-15/h14H,3-12H2,1-2H3. The molecule has 0 unspecified atom stereocenters. The Morgan fingerprint density at radius 1 is 1.00 bits per heavy atom. The van der Waals surface area contributed by atoms with Crippen molar-refractivity contribution >= 4 is 0 Å². The van der Waals surface area contributed by atoms with Crippen LogP contribution in [0.5, 0.6) is 0 Å². The summed E-state index contributed by atoms with van der Waals surface area (Å²) in [5, 5.41) is 3.54. The number of hydrogen-bond donors (Lipinski definition) is 1. The average molecular weight is 225 g/mol. The maximum atomic E-state index is 3.54. The van der Waals surface area contributed by atoms with Gasteiger partial charge in [0.1, 0.15) is 0 Å². The molecule has 2 rings (SSSR count). The third-order valence-corrected chi connectivity index (χ3v) is 4.08. The summed E-state index contributed by atoms with van der Waals surface area (Å²) in [4.78, 5) is 5.29. The Morgan fingerprint density at radius 3 is 2.50 bits per heavy atom. The monoisotopic (exact) mass is 225 g/mol. The zero-order valence-electron chi connectivity index (χ0n) is 11.0. The van der Waals surface area contributed by atoms with Crippen LogP contribution in [0, 0.1) is 0 Å². The lowest BCUT2D eigenvalue weighted by Gasteiger charge is -2.37. The molecule has 2 saturated heterocycles. The first-order valence-electron chi connectivity index (χ1n) is 6.87. The zero-order chi connectivity index (χ0) is 11.4. The molecular weight excluding hydrogens is 198 g/mol. The van der Waals surface area contributed by atoms with E-state index in [9.17, 15) is 0 Å². The van der Waals surface area contributed by atoms with Gasteiger partial charge in [0.25, 0.3) is 0 Å². The summed E-state index contributed by atoms with van der Waals surface area (Å²) in [7, 11) is 0. The highest BCUT2D eigenvalue weighted by Crippen LogP contribution is 2.17. The van der Waals surface area contributed by atoms with Crippen molar-refractivity contribution in [3.05, 3.63) is 0 Å². The average Bonchev–Trinajstić information content (AvgIpc) is 2.68. The van der Waals surface area contributed by atoms with Crippen LogP contribution >= 0.6 is 0 Å². The van der Waals surface area contributed by atoms with Gasteiger partial charge in [-0.1, -0.05) is 0 Å². The molecule has 0 spiro atoms. The highest BCUT2D eigenvalue weighted by Gasteiger charge is 2.28. The van der Waals surface area contributed by atoms with Gasteiger partial charge < -0.3 is 10.2 Å². The van der Waals surface area contributed by atoms with E-state index in [4.69, 9.17) is 0 Å². The summed E-state index contributed by atoms with van der Waals surface area (Å²) >= 11 is 0. The molecule has 0 aromatic carbocycles. The predicted molar refractivity (Wildman–Crippen MR) is 68.8 cm³/mol. The fraction of sp³-hybridized carbons (Fsp3) is 1.00. The van der Waals surface area contributed by atoms with Gasteiger partial charge in [0.2, 0.25) is 0 Å². The van der Waals surface area contributed by atoms with E-state index in [1.807, 2.05) is 0 Å². The van der Waals surface area contributed by atoms with E-state index in [2.05, 4.69) is 29.0 Å². The second-order valence-corrected chi connectivity index (χ2v) is 5.88. The SMILES string of the molecule is CC1(C)CNCCCN1CCN1CCCC1. The van der Waals surface area contributed by atoms with E-state index in [1.165, 1.54) is 58.5 Å². The quantitative estimate of drug-likeness (QED) is 0.777. The van der Waals surface area contributed by atoms with E-state index < -0.39 is 0 Å². The molecular formula is C13H27N3. The predicted octanol–water partition coefficient (Wildman–Crippen LogP) is 1.16. The van der Waals surface area contributed by atoms with Crippen LogP contribution in [0.1, 0.15) is 33.1 Å². The minimum absolute atomic E-state index is 0.330. The van der Waals surface area contributed by atoms with Gasteiger partial charge in [-0.2, -0.15) is 0 Å². The number of nitrogens with one attached hydrogen (secondary N) is 1. The van der Waals surface area contributed by atoms with Gasteiger partial charge in [-0.25, -0.2) is 0 Å². The molecule has 94 valence electrons. The van der Waals surface area contributed by atoms with Gasteiger partial charge >= 0.3 is 0 Å². The molecule has 0 aliphatic carbocycles. The summed E-state index contributed by atoms with van der Waals surface area (Å²) in [6.07, 6.45) is 4.11. The van der Waals surface area contributed by atoms with Gasteiger partial charge in [-0.15, -0.1) is 0 Å². The first kappa shape index (κ1) is 12.3. The van der Waals surface area contributed by atoms with Gasteiger partial charge in [0, 0.05) is 25.2 Å². The van der Waals surface area contributed by atoms with Crippen LogP contribution in [0.15, 0.2) is 0 Å². The maximum Gasteiger partial charge on any atom is 0.0278 e. The van der Waals surface area contributed by atoms with Gasteiger partial charge in [0.15, 0.2) is 0 Å². The normalized spacial score (nSPS) is 28.1. The smallest absolute Gasteiger partial charge is 0.0278 e. The Morgan fingerprint density at radius 2 is 1.75 bits per heavy atom. The summed E-state index contributed by atoms with van der Waals surface area (Å²) in [5.74, 6) is 0. The second-order valence-electron chi connectivity index (χ2n) is 5.88. The van der Waals surface area contributed by atoms with Crippen LogP contribution in [0.2, 0.25) is 0 Å². The Kier molecular flexibility index (Phi) is 4.22. The lowest BCUT2D eigenvalue weighted by molar-refractivity contribution is 0.118. The molecule has 0 bridgehead atoms. The van der Waals surface area contributed by atoms with Crippen molar-refractivity contribution < 1.29 is 0 Å². The van der Waals surface area contributed by atoms with Crippen molar-refractivity contribution in [1.82, 2.24) is 15.1 Å². The lowest BCUT2D eigenvalue weighted by atomic mass is 10.0. The van der Waals surface area contributed by atoms with Crippen molar-refractivity contribution in [2.24, 2.45) is 0 Å². The number of nitrogens with zero attached hydrogens (tertiary/aromatic N) is 2. The number of likely N-dealkylation sites (tertiary alicyclic amines) is 1. The molecule has 0 saturated carbocycles. The molecule has 2 heterocycles. The molecule has 0 atom stereocenters. The first-order chi connectivity index (χ1) is 7.68. The molecule has 2 aliphatic heterocycles. The van der Waals surface area contributed by atoms with Crippen molar-refractivity contribution in [2.75, 3.05) is 45.8 Å². The fourth-order valence-electron chi connectivity index (χ4n) is 2.89. The Labute approximate surface area is 100 Å². The van der Waals surface area contributed by atoms with E-state index in [0.717, 1.165) is 6.54 Å². The fourth-order valence-corrected chi connectivity index (χ4v) is 2.89. The third-order valence-electron chi connectivity index (χ3n) is 4.08. The van der Waals surface area contributed by atoms with Crippen molar-refractivity contribution in [3.63, 3.8) is 0 Å². The maximum absolute atomic E-state index is 3.54. The van der Waals surface area contributed by atoms with Crippen molar-refractivity contribution in [1.29, 1.82) is 0 Å². The number of rotatable bonds is 3. The summed E-state index contributed by atoms with van der Waals surface area (Å²) < 4.78 is 0. The topological polar surface area (TPSA) is 18.5 Å². The van der Waals surface area contributed by atoms with E-state index in [0.29, 0.717) is 5.54 Å². The van der Waals surface area contributed by atoms with Gasteiger partial charge in [-0.05, 0) is 59.3 Å². The van der Waals surface area contributed by atoms with E-state index in [-0.39, 0.29) is 0 Å². The minimum Gasteiger partial charge on any atom is -0.315 e. The highest BCUT2D eigenvalue weighted by molar-refractivity contribution is 4.87.